The van der Waals surface area contributed by atoms with Crippen molar-refractivity contribution < 1.29 is 9.53 Å². The first kappa shape index (κ1) is 12.0. The molecule has 92 valence electrons. The molecule has 0 amide bonds. The summed E-state index contributed by atoms with van der Waals surface area (Å²) in [5.74, 6) is -1.63. The Balaban J connectivity index is 2.52. The van der Waals surface area contributed by atoms with Crippen LogP contribution in [0, 0.1) is 11.3 Å². The predicted molar refractivity (Wildman–Crippen MR) is 63.5 cm³/mol. The standard InChI is InChI=1S/C12H12N4O2/c1-3-18-12(17)8(6-13)10-11-9(4-5-14-10)16(2)7-15-11/h4-5,7-8H,3H2,1-2H3. The van der Waals surface area contributed by atoms with Crippen molar-refractivity contribution in [3.05, 3.63) is 24.3 Å². The van der Waals surface area contributed by atoms with Crippen molar-refractivity contribution in [2.24, 2.45) is 7.05 Å². The van der Waals surface area contributed by atoms with Crippen LogP contribution in [0.15, 0.2) is 18.6 Å². The molecule has 1 atom stereocenters. The summed E-state index contributed by atoms with van der Waals surface area (Å²) in [6.45, 7) is 1.93. The number of carbonyl (C=O) groups is 1. The third kappa shape index (κ3) is 1.91. The maximum atomic E-state index is 11.7. The number of aryl methyl sites for hydroxylation is 1. The third-order valence-electron chi connectivity index (χ3n) is 2.60. The molecule has 0 saturated carbocycles. The Morgan fingerprint density at radius 1 is 1.61 bits per heavy atom. The molecule has 0 aliphatic rings. The van der Waals surface area contributed by atoms with Crippen molar-refractivity contribution in [2.75, 3.05) is 6.61 Å². The number of nitriles is 1. The average molecular weight is 244 g/mol. The second-order valence-electron chi connectivity index (χ2n) is 3.73. The minimum atomic E-state index is -1.04. The Labute approximate surface area is 104 Å². The lowest BCUT2D eigenvalue weighted by Crippen LogP contribution is -2.16. The van der Waals surface area contributed by atoms with Gasteiger partial charge in [0.25, 0.3) is 0 Å². The molecule has 0 aliphatic heterocycles. The molecular formula is C12H12N4O2. The fourth-order valence-corrected chi connectivity index (χ4v) is 1.75. The van der Waals surface area contributed by atoms with Crippen LogP contribution in [0.4, 0.5) is 0 Å². The van der Waals surface area contributed by atoms with E-state index in [1.165, 1.54) is 0 Å². The molecule has 0 fully saturated rings. The number of fused-ring (bicyclic) bond motifs is 1. The Kier molecular flexibility index (Phi) is 3.24. The van der Waals surface area contributed by atoms with E-state index in [0.29, 0.717) is 11.2 Å². The molecule has 0 saturated heterocycles. The van der Waals surface area contributed by atoms with Crippen LogP contribution in [-0.2, 0) is 16.6 Å². The van der Waals surface area contributed by atoms with Gasteiger partial charge in [0.15, 0.2) is 5.92 Å². The van der Waals surface area contributed by atoms with Gasteiger partial charge in [-0.05, 0) is 13.0 Å². The molecule has 2 heterocycles. The van der Waals surface area contributed by atoms with Crippen LogP contribution in [-0.4, -0.2) is 27.1 Å². The number of carbonyl (C=O) groups excluding carboxylic acids is 1. The summed E-state index contributed by atoms with van der Waals surface area (Å²) in [6, 6.07) is 3.70. The minimum Gasteiger partial charge on any atom is -0.465 e. The first-order valence-electron chi connectivity index (χ1n) is 5.51. The van der Waals surface area contributed by atoms with Crippen LogP contribution in [0.2, 0.25) is 0 Å². The molecular weight excluding hydrogens is 232 g/mol. The smallest absolute Gasteiger partial charge is 0.329 e. The monoisotopic (exact) mass is 244 g/mol. The summed E-state index contributed by atoms with van der Waals surface area (Å²) in [4.78, 5) is 20.0. The van der Waals surface area contributed by atoms with Gasteiger partial charge in [0, 0.05) is 13.2 Å². The number of imidazole rings is 1. The van der Waals surface area contributed by atoms with Gasteiger partial charge in [-0.3, -0.25) is 9.78 Å². The topological polar surface area (TPSA) is 80.8 Å². The van der Waals surface area contributed by atoms with Crippen molar-refractivity contribution >= 4 is 17.0 Å². The van der Waals surface area contributed by atoms with E-state index in [4.69, 9.17) is 10.00 Å². The normalized spacial score (nSPS) is 12.1. The molecule has 0 bridgehead atoms. The van der Waals surface area contributed by atoms with Gasteiger partial charge < -0.3 is 9.30 Å². The third-order valence-corrected chi connectivity index (χ3v) is 2.60. The largest absolute Gasteiger partial charge is 0.465 e. The van der Waals surface area contributed by atoms with Gasteiger partial charge in [0.05, 0.1) is 30.2 Å². The average Bonchev–Trinajstić information content (AvgIpc) is 2.74. The molecule has 0 aromatic carbocycles. The maximum Gasteiger partial charge on any atom is 0.329 e. The molecule has 6 nitrogen and oxygen atoms in total. The SMILES string of the molecule is CCOC(=O)C(C#N)c1nccc2c1ncn2C. The number of esters is 1. The number of hydrogen-bond acceptors (Lipinski definition) is 5. The van der Waals surface area contributed by atoms with Gasteiger partial charge in [-0.1, -0.05) is 0 Å². The quantitative estimate of drug-likeness (QED) is 0.756. The van der Waals surface area contributed by atoms with Gasteiger partial charge in [-0.2, -0.15) is 5.26 Å². The lowest BCUT2D eigenvalue weighted by molar-refractivity contribution is -0.143. The Morgan fingerprint density at radius 3 is 3.06 bits per heavy atom. The highest BCUT2D eigenvalue weighted by atomic mass is 16.5. The van der Waals surface area contributed by atoms with E-state index in [-0.39, 0.29) is 6.61 Å². The number of nitrogens with zero attached hydrogens (tertiary/aromatic N) is 4. The van der Waals surface area contributed by atoms with E-state index in [1.807, 2.05) is 13.1 Å². The first-order valence-corrected chi connectivity index (χ1v) is 5.51. The Bertz CT molecular complexity index is 627. The number of rotatable bonds is 3. The molecule has 1 unspecified atom stereocenters. The van der Waals surface area contributed by atoms with Gasteiger partial charge >= 0.3 is 5.97 Å². The van der Waals surface area contributed by atoms with Gasteiger partial charge in [0.1, 0.15) is 5.52 Å². The molecule has 0 aliphatic carbocycles. The summed E-state index contributed by atoms with van der Waals surface area (Å²) in [6.07, 6.45) is 3.18. The van der Waals surface area contributed by atoms with Gasteiger partial charge in [0.2, 0.25) is 0 Å². The van der Waals surface area contributed by atoms with Gasteiger partial charge in [-0.15, -0.1) is 0 Å². The van der Waals surface area contributed by atoms with Crippen LogP contribution >= 0.6 is 0 Å². The highest BCUT2D eigenvalue weighted by molar-refractivity contribution is 5.87. The number of ether oxygens (including phenoxy) is 1. The van der Waals surface area contributed by atoms with Crippen molar-refractivity contribution in [2.45, 2.75) is 12.8 Å². The molecule has 0 spiro atoms. The van der Waals surface area contributed by atoms with Crippen molar-refractivity contribution in [1.29, 1.82) is 5.26 Å². The fourth-order valence-electron chi connectivity index (χ4n) is 1.75. The zero-order valence-electron chi connectivity index (χ0n) is 10.1. The number of pyridine rings is 1. The van der Waals surface area contributed by atoms with Gasteiger partial charge in [-0.25, -0.2) is 4.98 Å². The summed E-state index contributed by atoms with van der Waals surface area (Å²) in [7, 11) is 1.84. The highest BCUT2D eigenvalue weighted by Crippen LogP contribution is 2.22. The van der Waals surface area contributed by atoms with Crippen LogP contribution in [0.5, 0.6) is 0 Å². The molecule has 2 aromatic rings. The number of hydrogen-bond donors (Lipinski definition) is 0. The predicted octanol–water partition coefficient (Wildman–Crippen LogP) is 1.14. The molecule has 18 heavy (non-hydrogen) atoms. The Morgan fingerprint density at radius 2 is 2.39 bits per heavy atom. The second-order valence-corrected chi connectivity index (χ2v) is 3.73. The lowest BCUT2D eigenvalue weighted by atomic mass is 10.1. The molecule has 2 aromatic heterocycles. The van der Waals surface area contributed by atoms with Crippen molar-refractivity contribution in [3.63, 3.8) is 0 Å². The molecule has 0 N–H and O–H groups in total. The first-order chi connectivity index (χ1) is 8.69. The fraction of sp³-hybridized carbons (Fsp3) is 0.333. The van der Waals surface area contributed by atoms with E-state index in [9.17, 15) is 4.79 Å². The van der Waals surface area contributed by atoms with E-state index in [0.717, 1.165) is 5.52 Å². The maximum absolute atomic E-state index is 11.7. The highest BCUT2D eigenvalue weighted by Gasteiger charge is 2.26. The van der Waals surface area contributed by atoms with Crippen molar-refractivity contribution in [3.8, 4) is 6.07 Å². The summed E-state index contributed by atoms with van der Waals surface area (Å²) < 4.78 is 6.67. The second kappa shape index (κ2) is 4.84. The van der Waals surface area contributed by atoms with Crippen molar-refractivity contribution in [1.82, 2.24) is 14.5 Å². The summed E-state index contributed by atoms with van der Waals surface area (Å²) >= 11 is 0. The lowest BCUT2D eigenvalue weighted by Gasteiger charge is -2.08. The summed E-state index contributed by atoms with van der Waals surface area (Å²) in [5, 5.41) is 9.12. The van der Waals surface area contributed by atoms with Crippen LogP contribution in [0.25, 0.3) is 11.0 Å². The zero-order chi connectivity index (χ0) is 13.1. The molecule has 0 radical (unpaired) electrons. The van der Waals surface area contributed by atoms with E-state index in [2.05, 4.69) is 9.97 Å². The van der Waals surface area contributed by atoms with Crippen LogP contribution in [0.1, 0.15) is 18.5 Å². The molecule has 6 heteroatoms. The summed E-state index contributed by atoms with van der Waals surface area (Å²) in [5.41, 5.74) is 1.72. The van der Waals surface area contributed by atoms with E-state index in [1.54, 1.807) is 30.1 Å². The van der Waals surface area contributed by atoms with Crippen LogP contribution < -0.4 is 0 Å². The van der Waals surface area contributed by atoms with Crippen LogP contribution in [0.3, 0.4) is 0 Å². The molecule has 2 rings (SSSR count). The number of aromatic nitrogens is 3. The van der Waals surface area contributed by atoms with E-state index >= 15 is 0 Å². The minimum absolute atomic E-state index is 0.231. The van der Waals surface area contributed by atoms with E-state index < -0.39 is 11.9 Å². The Hall–Kier alpha value is -2.42. The zero-order valence-corrected chi connectivity index (χ0v) is 10.1.